The lowest BCUT2D eigenvalue weighted by molar-refractivity contribution is -0.133. The molecule has 1 aliphatic rings. The van der Waals surface area contributed by atoms with Crippen molar-refractivity contribution in [3.63, 3.8) is 0 Å². The molecule has 0 N–H and O–H groups in total. The third-order valence-corrected chi connectivity index (χ3v) is 4.35. The van der Waals surface area contributed by atoms with Crippen molar-refractivity contribution in [3.05, 3.63) is 70.5 Å². The molecule has 3 aromatic rings. The van der Waals surface area contributed by atoms with Crippen LogP contribution in [0.5, 0.6) is 0 Å². The molecule has 0 aliphatic heterocycles. The minimum absolute atomic E-state index is 0.0990. The molecule has 4 rings (SSSR count). The SMILES string of the molecule is O=C(Cn1nc2ccccn2c1=O)N(Cc1ccc(F)cc1)C1CC1. The molecule has 1 saturated carbocycles. The lowest BCUT2D eigenvalue weighted by Crippen LogP contribution is -2.37. The Balaban J connectivity index is 1.55. The number of carbonyl (C=O) groups is 1. The highest BCUT2D eigenvalue weighted by Crippen LogP contribution is 2.28. The zero-order chi connectivity index (χ0) is 17.4. The fourth-order valence-corrected chi connectivity index (χ4v) is 2.88. The van der Waals surface area contributed by atoms with Gasteiger partial charge in [-0.3, -0.25) is 9.20 Å². The summed E-state index contributed by atoms with van der Waals surface area (Å²) in [5.41, 5.74) is 1.04. The number of amides is 1. The summed E-state index contributed by atoms with van der Waals surface area (Å²) >= 11 is 0. The van der Waals surface area contributed by atoms with Crippen molar-refractivity contribution in [2.24, 2.45) is 0 Å². The molecule has 2 aromatic heterocycles. The van der Waals surface area contributed by atoms with E-state index in [1.807, 2.05) is 0 Å². The predicted molar refractivity (Wildman–Crippen MR) is 89.4 cm³/mol. The maximum absolute atomic E-state index is 13.1. The molecule has 0 unspecified atom stereocenters. The van der Waals surface area contributed by atoms with E-state index in [-0.39, 0.29) is 30.0 Å². The van der Waals surface area contributed by atoms with Crippen molar-refractivity contribution in [2.75, 3.05) is 0 Å². The van der Waals surface area contributed by atoms with Gasteiger partial charge in [0.1, 0.15) is 12.4 Å². The van der Waals surface area contributed by atoms with Crippen LogP contribution < -0.4 is 5.69 Å². The maximum Gasteiger partial charge on any atom is 0.350 e. The second-order valence-corrected chi connectivity index (χ2v) is 6.25. The van der Waals surface area contributed by atoms with Crippen LogP contribution in [0.1, 0.15) is 18.4 Å². The lowest BCUT2D eigenvalue weighted by Gasteiger charge is -2.22. The number of benzene rings is 1. The molecule has 0 bridgehead atoms. The molecule has 0 spiro atoms. The molecule has 0 atom stereocenters. The van der Waals surface area contributed by atoms with Gasteiger partial charge < -0.3 is 4.90 Å². The first-order chi connectivity index (χ1) is 12.1. The van der Waals surface area contributed by atoms with Gasteiger partial charge in [-0.15, -0.1) is 5.10 Å². The first-order valence-electron chi connectivity index (χ1n) is 8.20. The smallest absolute Gasteiger partial charge is 0.334 e. The zero-order valence-corrected chi connectivity index (χ0v) is 13.5. The Morgan fingerprint density at radius 2 is 1.96 bits per heavy atom. The highest BCUT2D eigenvalue weighted by Gasteiger charge is 2.33. The first-order valence-corrected chi connectivity index (χ1v) is 8.20. The van der Waals surface area contributed by atoms with Gasteiger partial charge in [-0.1, -0.05) is 18.2 Å². The summed E-state index contributed by atoms with van der Waals surface area (Å²) in [6.45, 7) is 0.310. The largest absolute Gasteiger partial charge is 0.350 e. The minimum atomic E-state index is -0.332. The highest BCUT2D eigenvalue weighted by molar-refractivity contribution is 5.76. The number of rotatable bonds is 5. The number of hydrogen-bond donors (Lipinski definition) is 0. The second kappa shape index (κ2) is 6.16. The third-order valence-electron chi connectivity index (χ3n) is 4.35. The summed E-state index contributed by atoms with van der Waals surface area (Å²) in [4.78, 5) is 26.8. The molecule has 2 heterocycles. The van der Waals surface area contributed by atoms with Gasteiger partial charge in [0.05, 0.1) is 0 Å². The van der Waals surface area contributed by atoms with Crippen LogP contribution in [0.25, 0.3) is 5.65 Å². The van der Waals surface area contributed by atoms with Gasteiger partial charge in [-0.05, 0) is 42.7 Å². The van der Waals surface area contributed by atoms with Crippen molar-refractivity contribution in [1.29, 1.82) is 0 Å². The summed E-state index contributed by atoms with van der Waals surface area (Å²) in [6, 6.07) is 11.6. The molecule has 7 heteroatoms. The van der Waals surface area contributed by atoms with E-state index in [0.29, 0.717) is 12.2 Å². The molecule has 0 saturated heterocycles. The summed E-state index contributed by atoms with van der Waals surface area (Å²) in [5, 5.41) is 4.20. The van der Waals surface area contributed by atoms with E-state index in [4.69, 9.17) is 0 Å². The highest BCUT2D eigenvalue weighted by atomic mass is 19.1. The summed E-state index contributed by atoms with van der Waals surface area (Å²) in [7, 11) is 0. The van der Waals surface area contributed by atoms with Gasteiger partial charge in [-0.25, -0.2) is 13.9 Å². The average Bonchev–Trinajstić information content (AvgIpc) is 3.40. The number of halogens is 1. The average molecular weight is 340 g/mol. The molecule has 0 radical (unpaired) electrons. The normalized spacial score (nSPS) is 14.0. The van der Waals surface area contributed by atoms with Crippen LogP contribution in [0.4, 0.5) is 4.39 Å². The summed E-state index contributed by atoms with van der Waals surface area (Å²) in [6.07, 6.45) is 3.53. The Morgan fingerprint density at radius 1 is 1.20 bits per heavy atom. The predicted octanol–water partition coefficient (Wildman–Crippen LogP) is 1.83. The van der Waals surface area contributed by atoms with Gasteiger partial charge in [0.25, 0.3) is 0 Å². The number of fused-ring (bicyclic) bond motifs is 1. The molecule has 1 aromatic carbocycles. The fourth-order valence-electron chi connectivity index (χ4n) is 2.88. The van der Waals surface area contributed by atoms with Gasteiger partial charge >= 0.3 is 5.69 Å². The van der Waals surface area contributed by atoms with Gasteiger partial charge in [-0.2, -0.15) is 0 Å². The number of aromatic nitrogens is 3. The molecule has 1 aliphatic carbocycles. The zero-order valence-electron chi connectivity index (χ0n) is 13.5. The Bertz CT molecular complexity index is 973. The number of nitrogens with zero attached hydrogens (tertiary/aromatic N) is 4. The molecular formula is C18H17FN4O2. The maximum atomic E-state index is 13.1. The number of hydrogen-bond acceptors (Lipinski definition) is 3. The molecular weight excluding hydrogens is 323 g/mol. The Kier molecular flexibility index (Phi) is 3.83. The van der Waals surface area contributed by atoms with Crippen molar-refractivity contribution in [3.8, 4) is 0 Å². The van der Waals surface area contributed by atoms with E-state index in [2.05, 4.69) is 5.10 Å². The molecule has 128 valence electrons. The van der Waals surface area contributed by atoms with Crippen molar-refractivity contribution < 1.29 is 9.18 Å². The Labute approximate surface area is 143 Å². The third kappa shape index (κ3) is 3.17. The van der Waals surface area contributed by atoms with E-state index in [0.717, 1.165) is 18.4 Å². The lowest BCUT2D eigenvalue weighted by atomic mass is 10.2. The van der Waals surface area contributed by atoms with Crippen LogP contribution in [0.3, 0.4) is 0 Å². The van der Waals surface area contributed by atoms with Crippen LogP contribution >= 0.6 is 0 Å². The van der Waals surface area contributed by atoms with Crippen LogP contribution in [0.15, 0.2) is 53.5 Å². The fraction of sp³-hybridized carbons (Fsp3) is 0.278. The topological polar surface area (TPSA) is 59.6 Å². The molecule has 25 heavy (non-hydrogen) atoms. The Morgan fingerprint density at radius 3 is 2.64 bits per heavy atom. The van der Waals surface area contributed by atoms with Crippen molar-refractivity contribution in [2.45, 2.75) is 32.0 Å². The summed E-state index contributed by atoms with van der Waals surface area (Å²) < 4.78 is 15.7. The van der Waals surface area contributed by atoms with Crippen molar-refractivity contribution in [1.82, 2.24) is 19.1 Å². The van der Waals surface area contributed by atoms with E-state index in [1.165, 1.54) is 21.2 Å². The first kappa shape index (κ1) is 15.6. The minimum Gasteiger partial charge on any atom is -0.334 e. The van der Waals surface area contributed by atoms with E-state index < -0.39 is 0 Å². The monoisotopic (exact) mass is 340 g/mol. The molecule has 6 nitrogen and oxygen atoms in total. The molecule has 1 fully saturated rings. The summed E-state index contributed by atoms with van der Waals surface area (Å²) in [5.74, 6) is -0.457. The van der Waals surface area contributed by atoms with Crippen LogP contribution in [0.2, 0.25) is 0 Å². The quantitative estimate of drug-likeness (QED) is 0.712. The van der Waals surface area contributed by atoms with Crippen LogP contribution in [-0.4, -0.2) is 31.0 Å². The van der Waals surface area contributed by atoms with E-state index in [1.54, 1.807) is 41.4 Å². The van der Waals surface area contributed by atoms with Gasteiger partial charge in [0.15, 0.2) is 5.65 Å². The van der Waals surface area contributed by atoms with E-state index in [9.17, 15) is 14.0 Å². The van der Waals surface area contributed by atoms with Crippen LogP contribution in [-0.2, 0) is 17.9 Å². The van der Waals surface area contributed by atoms with Crippen LogP contribution in [0, 0.1) is 5.82 Å². The standard InChI is InChI=1S/C18H17FN4O2/c19-14-6-4-13(5-7-14)11-22(15-8-9-15)17(24)12-23-18(25)21-10-2-1-3-16(21)20-23/h1-7,10,15H,8-9,11-12H2. The van der Waals surface area contributed by atoms with Gasteiger partial charge in [0, 0.05) is 18.8 Å². The number of pyridine rings is 1. The van der Waals surface area contributed by atoms with E-state index >= 15 is 0 Å². The molecule has 1 amide bonds. The van der Waals surface area contributed by atoms with Crippen molar-refractivity contribution >= 4 is 11.6 Å². The Hall–Kier alpha value is -2.96. The van der Waals surface area contributed by atoms with Gasteiger partial charge in [0.2, 0.25) is 5.91 Å². The number of carbonyl (C=O) groups excluding carboxylic acids is 1. The second-order valence-electron chi connectivity index (χ2n) is 6.25.